The maximum atomic E-state index is 3.45. The molecule has 0 saturated carbocycles. The average molecular weight is 332 g/mol. The fourth-order valence-electron chi connectivity index (χ4n) is 2.01. The number of fused-ring (bicyclic) bond motifs is 1. The second kappa shape index (κ2) is 6.00. The van der Waals surface area contributed by atoms with E-state index in [0.29, 0.717) is 0 Å². The minimum atomic E-state index is 0. The van der Waals surface area contributed by atoms with Gasteiger partial charge < -0.3 is 5.32 Å². The van der Waals surface area contributed by atoms with Crippen molar-refractivity contribution in [2.24, 2.45) is 0 Å². The largest absolute Gasteiger partial charge is 0.355 e. The monoisotopic (exact) mass is 333 g/mol. The number of anilines is 2. The standard InChI is InChI=1S/C16H13N.Cd/c1-2-9-14(10-3-1)17-16-12-6-8-13-7-4-5-11-15(13)16;/h1-12,17H;. The van der Waals surface area contributed by atoms with Crippen LogP contribution in [0.1, 0.15) is 0 Å². The quantitative estimate of drug-likeness (QED) is 0.678. The van der Waals surface area contributed by atoms with E-state index in [0.717, 1.165) is 11.4 Å². The molecule has 0 fully saturated rings. The molecule has 0 atom stereocenters. The van der Waals surface area contributed by atoms with E-state index in [2.05, 4.69) is 59.9 Å². The van der Waals surface area contributed by atoms with Crippen LogP contribution in [0.5, 0.6) is 0 Å². The molecule has 0 aliphatic rings. The number of hydrogen-bond donors (Lipinski definition) is 1. The molecule has 18 heavy (non-hydrogen) atoms. The van der Waals surface area contributed by atoms with Crippen LogP contribution in [0.2, 0.25) is 0 Å². The molecule has 3 rings (SSSR count). The van der Waals surface area contributed by atoms with Gasteiger partial charge in [0.1, 0.15) is 0 Å². The Morgan fingerprint density at radius 1 is 0.611 bits per heavy atom. The fourth-order valence-corrected chi connectivity index (χ4v) is 2.01. The summed E-state index contributed by atoms with van der Waals surface area (Å²) >= 11 is 0. The molecule has 3 aromatic carbocycles. The van der Waals surface area contributed by atoms with Crippen LogP contribution >= 0.6 is 0 Å². The van der Waals surface area contributed by atoms with E-state index in [-0.39, 0.29) is 27.3 Å². The van der Waals surface area contributed by atoms with Crippen molar-refractivity contribution in [3.8, 4) is 0 Å². The molecule has 1 nitrogen and oxygen atoms in total. The second-order valence-electron chi connectivity index (χ2n) is 4.02. The molecule has 0 heterocycles. The van der Waals surface area contributed by atoms with Crippen molar-refractivity contribution in [1.82, 2.24) is 0 Å². The molecule has 2 heteroatoms. The van der Waals surface area contributed by atoms with Crippen molar-refractivity contribution in [2.45, 2.75) is 0 Å². The van der Waals surface area contributed by atoms with Crippen LogP contribution in [0.4, 0.5) is 11.4 Å². The molecule has 0 spiro atoms. The average Bonchev–Trinajstić information content (AvgIpc) is 2.40. The smallest absolute Gasteiger partial charge is 0.0463 e. The van der Waals surface area contributed by atoms with E-state index in [1.807, 2.05) is 18.2 Å². The summed E-state index contributed by atoms with van der Waals surface area (Å²) in [5.41, 5.74) is 2.26. The van der Waals surface area contributed by atoms with Crippen molar-refractivity contribution in [1.29, 1.82) is 0 Å². The third-order valence-corrected chi connectivity index (χ3v) is 2.84. The summed E-state index contributed by atoms with van der Waals surface area (Å²) in [6.07, 6.45) is 0. The molecular formula is C16H13CdN. The molecule has 0 aliphatic carbocycles. The van der Waals surface area contributed by atoms with Crippen LogP contribution in [0, 0.1) is 0 Å². The molecule has 0 amide bonds. The summed E-state index contributed by atoms with van der Waals surface area (Å²) in [7, 11) is 0. The van der Waals surface area contributed by atoms with Gasteiger partial charge in [-0.05, 0) is 23.6 Å². The predicted molar refractivity (Wildman–Crippen MR) is 73.7 cm³/mol. The van der Waals surface area contributed by atoms with Crippen molar-refractivity contribution >= 4 is 22.1 Å². The number of rotatable bonds is 2. The zero-order valence-electron chi connectivity index (χ0n) is 10.1. The zero-order chi connectivity index (χ0) is 11.5. The van der Waals surface area contributed by atoms with Gasteiger partial charge in [0, 0.05) is 44.1 Å². The predicted octanol–water partition coefficient (Wildman–Crippen LogP) is 4.58. The topological polar surface area (TPSA) is 12.0 Å². The van der Waals surface area contributed by atoms with Crippen LogP contribution in [0.3, 0.4) is 0 Å². The summed E-state index contributed by atoms with van der Waals surface area (Å²) in [6.45, 7) is 0. The molecule has 3 aromatic rings. The van der Waals surface area contributed by atoms with Gasteiger partial charge in [-0.15, -0.1) is 0 Å². The van der Waals surface area contributed by atoms with Gasteiger partial charge in [0.05, 0.1) is 0 Å². The number of benzene rings is 3. The van der Waals surface area contributed by atoms with Gasteiger partial charge in [0.15, 0.2) is 0 Å². The molecule has 0 saturated heterocycles. The summed E-state index contributed by atoms with van der Waals surface area (Å²) < 4.78 is 0. The first-order valence-corrected chi connectivity index (χ1v) is 5.73. The summed E-state index contributed by atoms with van der Waals surface area (Å²) in [4.78, 5) is 0. The number of nitrogens with one attached hydrogen (secondary N) is 1. The normalized spacial score (nSPS) is 9.78. The number of hydrogen-bond acceptors (Lipinski definition) is 1. The molecule has 1 N–H and O–H groups in total. The second-order valence-corrected chi connectivity index (χ2v) is 4.02. The first-order chi connectivity index (χ1) is 8.43. The Kier molecular flexibility index (Phi) is 4.36. The van der Waals surface area contributed by atoms with E-state index in [4.69, 9.17) is 0 Å². The van der Waals surface area contributed by atoms with Crippen LogP contribution in [0.25, 0.3) is 10.8 Å². The minimum absolute atomic E-state index is 0. The van der Waals surface area contributed by atoms with E-state index in [9.17, 15) is 0 Å². The van der Waals surface area contributed by atoms with Gasteiger partial charge in [-0.2, -0.15) is 0 Å². The molecule has 0 radical (unpaired) electrons. The van der Waals surface area contributed by atoms with Gasteiger partial charge in [-0.25, -0.2) is 0 Å². The van der Waals surface area contributed by atoms with Gasteiger partial charge in [-0.3, -0.25) is 0 Å². The Hall–Kier alpha value is -1.36. The molecule has 0 aromatic heterocycles. The van der Waals surface area contributed by atoms with Crippen molar-refractivity contribution < 1.29 is 27.3 Å². The van der Waals surface area contributed by atoms with Crippen molar-refractivity contribution in [3.63, 3.8) is 0 Å². The maximum Gasteiger partial charge on any atom is 0.0463 e. The molecular weight excluding hydrogens is 319 g/mol. The Morgan fingerprint density at radius 3 is 2.11 bits per heavy atom. The molecule has 0 unspecified atom stereocenters. The maximum absolute atomic E-state index is 3.45. The first-order valence-electron chi connectivity index (χ1n) is 5.73. The molecule has 0 aliphatic heterocycles. The van der Waals surface area contributed by atoms with Crippen LogP contribution in [-0.4, -0.2) is 0 Å². The van der Waals surface area contributed by atoms with Gasteiger partial charge in [0.2, 0.25) is 0 Å². The molecule has 84 valence electrons. The Balaban J connectivity index is 0.00000120. The summed E-state index contributed by atoms with van der Waals surface area (Å²) in [6, 6.07) is 25.0. The van der Waals surface area contributed by atoms with Crippen LogP contribution < -0.4 is 5.32 Å². The number of para-hydroxylation sites is 1. The third-order valence-electron chi connectivity index (χ3n) is 2.84. The van der Waals surface area contributed by atoms with E-state index >= 15 is 0 Å². The van der Waals surface area contributed by atoms with Crippen LogP contribution in [0.15, 0.2) is 72.8 Å². The fraction of sp³-hybridized carbons (Fsp3) is 0. The third kappa shape index (κ3) is 2.72. The Morgan fingerprint density at radius 2 is 1.28 bits per heavy atom. The molecule has 0 bridgehead atoms. The summed E-state index contributed by atoms with van der Waals surface area (Å²) in [5.74, 6) is 0. The summed E-state index contributed by atoms with van der Waals surface area (Å²) in [5, 5.41) is 5.95. The van der Waals surface area contributed by atoms with Crippen molar-refractivity contribution in [2.75, 3.05) is 5.32 Å². The Labute approximate surface area is 127 Å². The minimum Gasteiger partial charge on any atom is -0.355 e. The van der Waals surface area contributed by atoms with Crippen molar-refractivity contribution in [3.05, 3.63) is 72.8 Å². The Bertz CT molecular complexity index is 629. The van der Waals surface area contributed by atoms with Gasteiger partial charge in [-0.1, -0.05) is 54.6 Å². The van der Waals surface area contributed by atoms with Gasteiger partial charge in [0.25, 0.3) is 0 Å². The first kappa shape index (κ1) is 13.1. The van der Waals surface area contributed by atoms with Gasteiger partial charge >= 0.3 is 0 Å². The van der Waals surface area contributed by atoms with E-state index in [1.54, 1.807) is 0 Å². The van der Waals surface area contributed by atoms with E-state index < -0.39 is 0 Å². The van der Waals surface area contributed by atoms with E-state index in [1.165, 1.54) is 10.8 Å². The van der Waals surface area contributed by atoms with Crippen LogP contribution in [-0.2, 0) is 27.3 Å². The SMILES string of the molecule is [Cd].c1ccc(Nc2cccc3ccccc23)cc1. The zero-order valence-corrected chi connectivity index (χ0v) is 14.2.